The molecular formula is C18H20N4O3. The summed E-state index contributed by atoms with van der Waals surface area (Å²) in [4.78, 5) is 16.0. The number of fused-ring (bicyclic) bond motifs is 1. The Morgan fingerprint density at radius 2 is 2.24 bits per heavy atom. The molecule has 0 saturated carbocycles. The number of H-pyrrole nitrogens is 2. The summed E-state index contributed by atoms with van der Waals surface area (Å²) in [7, 11) is 0. The molecule has 25 heavy (non-hydrogen) atoms. The van der Waals surface area contributed by atoms with Gasteiger partial charge in [0.05, 0.1) is 31.6 Å². The quantitative estimate of drug-likeness (QED) is 0.678. The summed E-state index contributed by atoms with van der Waals surface area (Å²) < 4.78 is 11.3. The third kappa shape index (κ3) is 2.98. The molecule has 0 spiro atoms. The Kier molecular flexibility index (Phi) is 3.93. The van der Waals surface area contributed by atoms with E-state index in [4.69, 9.17) is 9.47 Å². The number of hydrogen-bond acceptors (Lipinski definition) is 4. The zero-order valence-corrected chi connectivity index (χ0v) is 14.1. The van der Waals surface area contributed by atoms with E-state index in [2.05, 4.69) is 27.4 Å². The van der Waals surface area contributed by atoms with E-state index in [0.717, 1.165) is 22.2 Å². The number of nitrogens with one attached hydrogen (secondary N) is 3. The van der Waals surface area contributed by atoms with Crippen LogP contribution in [0.4, 0.5) is 0 Å². The number of ether oxygens (including phenoxy) is 2. The maximum Gasteiger partial charge on any atom is 0.251 e. The molecule has 1 fully saturated rings. The Labute approximate surface area is 144 Å². The van der Waals surface area contributed by atoms with E-state index in [1.54, 1.807) is 12.4 Å². The fraction of sp³-hybridized carbons (Fsp3) is 0.333. The van der Waals surface area contributed by atoms with Gasteiger partial charge in [0.2, 0.25) is 0 Å². The van der Waals surface area contributed by atoms with Crippen molar-refractivity contribution >= 4 is 16.8 Å². The van der Waals surface area contributed by atoms with E-state index in [-0.39, 0.29) is 18.1 Å². The minimum absolute atomic E-state index is 0.128. The van der Waals surface area contributed by atoms with Crippen LogP contribution in [0.15, 0.2) is 30.6 Å². The number of aromatic amines is 2. The monoisotopic (exact) mass is 340 g/mol. The molecule has 3 aromatic rings. The van der Waals surface area contributed by atoms with Crippen molar-refractivity contribution in [1.82, 2.24) is 20.5 Å². The van der Waals surface area contributed by atoms with Crippen LogP contribution in [0.25, 0.3) is 10.9 Å². The molecule has 0 aliphatic carbocycles. The second-order valence-corrected chi connectivity index (χ2v) is 6.34. The summed E-state index contributed by atoms with van der Waals surface area (Å²) in [6.45, 7) is 4.95. The van der Waals surface area contributed by atoms with Gasteiger partial charge in [0.25, 0.3) is 5.91 Å². The van der Waals surface area contributed by atoms with Gasteiger partial charge in [-0.2, -0.15) is 5.10 Å². The summed E-state index contributed by atoms with van der Waals surface area (Å²) in [5.74, 6) is 0.506. The molecule has 0 radical (unpaired) electrons. The minimum atomic E-state index is -0.235. The number of carbonyl (C=O) groups excluding carboxylic acids is 1. The topological polar surface area (TPSA) is 92.0 Å². The maximum absolute atomic E-state index is 12.7. The predicted molar refractivity (Wildman–Crippen MR) is 92.8 cm³/mol. The normalized spacial score (nSPS) is 20.1. The second kappa shape index (κ2) is 6.25. The molecule has 4 rings (SSSR count). The molecule has 1 aliphatic heterocycles. The molecule has 3 heterocycles. The van der Waals surface area contributed by atoms with Gasteiger partial charge in [-0.15, -0.1) is 0 Å². The van der Waals surface area contributed by atoms with E-state index in [1.165, 1.54) is 0 Å². The highest BCUT2D eigenvalue weighted by Gasteiger charge is 2.32. The van der Waals surface area contributed by atoms with Crippen molar-refractivity contribution in [2.75, 3.05) is 13.2 Å². The molecular weight excluding hydrogens is 320 g/mol. The highest BCUT2D eigenvalue weighted by Crippen LogP contribution is 2.23. The Morgan fingerprint density at radius 3 is 3.04 bits per heavy atom. The van der Waals surface area contributed by atoms with Crippen LogP contribution in [-0.2, 0) is 4.74 Å². The highest BCUT2D eigenvalue weighted by atomic mass is 16.5. The molecule has 0 unspecified atom stereocenters. The number of rotatable bonds is 4. The van der Waals surface area contributed by atoms with E-state index >= 15 is 0 Å². The molecule has 1 amide bonds. The van der Waals surface area contributed by atoms with Gasteiger partial charge in [0, 0.05) is 22.2 Å². The zero-order valence-electron chi connectivity index (χ0n) is 14.1. The lowest BCUT2D eigenvalue weighted by Gasteiger charge is -2.19. The summed E-state index contributed by atoms with van der Waals surface area (Å²) >= 11 is 0. The van der Waals surface area contributed by atoms with Crippen molar-refractivity contribution in [3.8, 4) is 5.75 Å². The number of amides is 1. The fourth-order valence-electron chi connectivity index (χ4n) is 3.12. The van der Waals surface area contributed by atoms with Gasteiger partial charge in [-0.1, -0.05) is 0 Å². The lowest BCUT2D eigenvalue weighted by molar-refractivity contribution is 0.0904. The summed E-state index contributed by atoms with van der Waals surface area (Å²) in [6.07, 6.45) is 3.03. The van der Waals surface area contributed by atoms with Crippen molar-refractivity contribution in [2.24, 2.45) is 0 Å². The zero-order chi connectivity index (χ0) is 17.4. The van der Waals surface area contributed by atoms with Crippen LogP contribution in [0.2, 0.25) is 0 Å². The van der Waals surface area contributed by atoms with Gasteiger partial charge in [-0.3, -0.25) is 9.89 Å². The maximum atomic E-state index is 12.7. The van der Waals surface area contributed by atoms with Crippen LogP contribution < -0.4 is 10.1 Å². The van der Waals surface area contributed by atoms with E-state index < -0.39 is 0 Å². The molecule has 7 nitrogen and oxygen atoms in total. The van der Waals surface area contributed by atoms with Crippen molar-refractivity contribution in [3.05, 3.63) is 47.4 Å². The standard InChI is InChI=1S/C18H20N4O3/c1-10-11(2)21-15-4-3-12(5-14(10)15)18(23)22-16-8-24-9-17(16)25-13-6-19-20-7-13/h3-7,16-17,21H,8-9H2,1-2H3,(H,19,20)(H,22,23)/t16-,17+/m0/s1. The molecule has 1 saturated heterocycles. The van der Waals surface area contributed by atoms with E-state index in [1.807, 2.05) is 25.1 Å². The molecule has 2 atom stereocenters. The molecule has 1 aliphatic rings. The Hall–Kier alpha value is -2.80. The third-order valence-electron chi connectivity index (χ3n) is 4.68. The fourth-order valence-corrected chi connectivity index (χ4v) is 3.12. The number of carbonyl (C=O) groups is 1. The van der Waals surface area contributed by atoms with Crippen LogP contribution >= 0.6 is 0 Å². The smallest absolute Gasteiger partial charge is 0.251 e. The van der Waals surface area contributed by atoms with Crippen LogP contribution in [0, 0.1) is 13.8 Å². The number of aryl methyl sites for hydroxylation is 2. The summed E-state index contributed by atoms with van der Waals surface area (Å²) in [6, 6.07) is 5.49. The van der Waals surface area contributed by atoms with Gasteiger partial charge < -0.3 is 19.8 Å². The first kappa shape index (κ1) is 15.7. The number of hydrogen-bond donors (Lipinski definition) is 3. The first-order valence-corrected chi connectivity index (χ1v) is 8.25. The van der Waals surface area contributed by atoms with Gasteiger partial charge >= 0.3 is 0 Å². The van der Waals surface area contributed by atoms with Gasteiger partial charge in [-0.25, -0.2) is 0 Å². The number of benzene rings is 1. The van der Waals surface area contributed by atoms with Crippen LogP contribution in [0.3, 0.4) is 0 Å². The average Bonchev–Trinajstić information content (AvgIpc) is 3.32. The Morgan fingerprint density at radius 1 is 1.36 bits per heavy atom. The molecule has 1 aromatic carbocycles. The first-order chi connectivity index (χ1) is 12.1. The second-order valence-electron chi connectivity index (χ2n) is 6.34. The van der Waals surface area contributed by atoms with E-state index in [9.17, 15) is 4.79 Å². The Bertz CT molecular complexity index is 901. The van der Waals surface area contributed by atoms with Crippen molar-refractivity contribution < 1.29 is 14.3 Å². The van der Waals surface area contributed by atoms with Crippen LogP contribution in [0.5, 0.6) is 5.75 Å². The highest BCUT2D eigenvalue weighted by molar-refractivity contribution is 5.99. The third-order valence-corrected chi connectivity index (χ3v) is 4.68. The van der Waals surface area contributed by atoms with Crippen LogP contribution in [-0.4, -0.2) is 46.4 Å². The number of nitrogens with zero attached hydrogens (tertiary/aromatic N) is 1. The van der Waals surface area contributed by atoms with Gasteiger partial charge in [0.15, 0.2) is 5.75 Å². The Balaban J connectivity index is 1.50. The summed E-state index contributed by atoms with van der Waals surface area (Å²) in [5.41, 5.74) is 3.95. The first-order valence-electron chi connectivity index (χ1n) is 8.25. The predicted octanol–water partition coefficient (Wildman–Crippen LogP) is 2.08. The van der Waals surface area contributed by atoms with Crippen LogP contribution in [0.1, 0.15) is 21.6 Å². The molecule has 130 valence electrons. The van der Waals surface area contributed by atoms with Gasteiger partial charge in [0.1, 0.15) is 6.10 Å². The van der Waals surface area contributed by atoms with Gasteiger partial charge in [-0.05, 0) is 37.6 Å². The van der Waals surface area contributed by atoms with E-state index in [0.29, 0.717) is 24.5 Å². The molecule has 2 aromatic heterocycles. The van der Waals surface area contributed by atoms with Crippen molar-refractivity contribution in [2.45, 2.75) is 26.0 Å². The average molecular weight is 340 g/mol. The molecule has 7 heteroatoms. The lowest BCUT2D eigenvalue weighted by atomic mass is 10.1. The SMILES string of the molecule is Cc1[nH]c2ccc(C(=O)N[C@H]3COC[C@H]3Oc3cn[nH]c3)cc2c1C. The summed E-state index contributed by atoms with van der Waals surface area (Å²) in [5, 5.41) is 10.6. The number of aromatic nitrogens is 3. The molecule has 3 N–H and O–H groups in total. The largest absolute Gasteiger partial charge is 0.482 e. The van der Waals surface area contributed by atoms with Crippen molar-refractivity contribution in [1.29, 1.82) is 0 Å². The minimum Gasteiger partial charge on any atom is -0.482 e. The molecule has 0 bridgehead atoms. The van der Waals surface area contributed by atoms with Crippen molar-refractivity contribution in [3.63, 3.8) is 0 Å². The lowest BCUT2D eigenvalue weighted by Crippen LogP contribution is -2.45.